The van der Waals surface area contributed by atoms with Gasteiger partial charge in [0.15, 0.2) is 23.2 Å². The van der Waals surface area contributed by atoms with E-state index in [0.717, 1.165) is 13.2 Å². The lowest BCUT2D eigenvalue weighted by molar-refractivity contribution is -0.198. The van der Waals surface area contributed by atoms with E-state index in [4.69, 9.17) is 4.74 Å². The first-order valence-electron chi connectivity index (χ1n) is 7.74. The van der Waals surface area contributed by atoms with Gasteiger partial charge in [0, 0.05) is 18.9 Å². The second-order valence-electron chi connectivity index (χ2n) is 6.05. The molecule has 1 aromatic carbocycles. The van der Waals surface area contributed by atoms with E-state index in [1.54, 1.807) is 0 Å². The van der Waals surface area contributed by atoms with Crippen LogP contribution in [0.15, 0.2) is 24.3 Å². The molecule has 0 spiro atoms. The van der Waals surface area contributed by atoms with Crippen molar-refractivity contribution in [3.63, 3.8) is 0 Å². The van der Waals surface area contributed by atoms with Crippen molar-refractivity contribution >= 4 is 18.0 Å². The second-order valence-corrected chi connectivity index (χ2v) is 6.05. The zero-order valence-corrected chi connectivity index (χ0v) is 13.9. The van der Waals surface area contributed by atoms with Crippen LogP contribution in [0, 0.1) is 0 Å². The Morgan fingerprint density at radius 3 is 2.31 bits per heavy atom. The molecule has 0 radical (unpaired) electrons. The highest BCUT2D eigenvalue weighted by Gasteiger charge is 2.50. The highest BCUT2D eigenvalue weighted by molar-refractivity contribution is 5.87. The highest BCUT2D eigenvalue weighted by Crippen LogP contribution is 2.32. The standard InChI is InChI=1S/C17H20O9/c1-25-16(23)17(24)7-12(20)15(13(21)8-17)26-14(22)5-3-9-2-4-10(18)11(19)6-9/h2-6,12-13,15,18-21,24H,7-8H2,1H3/b5-3+/t12-,13-,15?,17?/m1/s1. The van der Waals surface area contributed by atoms with Gasteiger partial charge in [-0.15, -0.1) is 0 Å². The number of rotatable bonds is 4. The number of aliphatic hydroxyl groups is 3. The molecule has 1 aliphatic carbocycles. The number of phenols is 2. The zero-order valence-electron chi connectivity index (χ0n) is 13.9. The summed E-state index contributed by atoms with van der Waals surface area (Å²) in [6.45, 7) is 0. The minimum atomic E-state index is -2.06. The smallest absolute Gasteiger partial charge is 0.338 e. The Hall–Kier alpha value is -2.62. The van der Waals surface area contributed by atoms with Crippen molar-refractivity contribution in [1.29, 1.82) is 0 Å². The zero-order chi connectivity index (χ0) is 19.5. The molecule has 142 valence electrons. The van der Waals surface area contributed by atoms with Crippen molar-refractivity contribution < 1.29 is 44.6 Å². The highest BCUT2D eigenvalue weighted by atomic mass is 16.6. The summed E-state index contributed by atoms with van der Waals surface area (Å²) in [4.78, 5) is 23.4. The maximum absolute atomic E-state index is 11.9. The number of methoxy groups -OCH3 is 1. The summed E-state index contributed by atoms with van der Waals surface area (Å²) in [5.41, 5.74) is -1.65. The fourth-order valence-electron chi connectivity index (χ4n) is 2.76. The van der Waals surface area contributed by atoms with Crippen LogP contribution in [0.3, 0.4) is 0 Å². The largest absolute Gasteiger partial charge is 0.504 e. The van der Waals surface area contributed by atoms with Crippen molar-refractivity contribution in [3.05, 3.63) is 29.8 Å². The van der Waals surface area contributed by atoms with Crippen LogP contribution in [0.2, 0.25) is 0 Å². The summed E-state index contributed by atoms with van der Waals surface area (Å²) in [6, 6.07) is 3.90. The molecule has 0 heterocycles. The van der Waals surface area contributed by atoms with Crippen molar-refractivity contribution in [2.75, 3.05) is 7.11 Å². The van der Waals surface area contributed by atoms with Crippen LogP contribution in [0.25, 0.3) is 6.08 Å². The quantitative estimate of drug-likeness (QED) is 0.267. The van der Waals surface area contributed by atoms with E-state index in [1.807, 2.05) is 0 Å². The van der Waals surface area contributed by atoms with Crippen molar-refractivity contribution in [1.82, 2.24) is 0 Å². The number of aromatic hydroxyl groups is 2. The molecule has 0 aromatic heterocycles. The van der Waals surface area contributed by atoms with E-state index in [1.165, 1.54) is 24.3 Å². The summed E-state index contributed by atoms with van der Waals surface area (Å²) in [6.07, 6.45) is -2.88. The van der Waals surface area contributed by atoms with Gasteiger partial charge in [0.25, 0.3) is 0 Å². The van der Waals surface area contributed by atoms with Gasteiger partial charge in [0.2, 0.25) is 0 Å². The van der Waals surface area contributed by atoms with E-state index in [-0.39, 0.29) is 11.5 Å². The van der Waals surface area contributed by atoms with Gasteiger partial charge < -0.3 is 35.0 Å². The third-order valence-corrected chi connectivity index (χ3v) is 4.08. The third kappa shape index (κ3) is 4.31. The molecule has 9 nitrogen and oxygen atoms in total. The van der Waals surface area contributed by atoms with Crippen molar-refractivity contribution in [3.8, 4) is 11.5 Å². The molecule has 1 fully saturated rings. The van der Waals surface area contributed by atoms with Gasteiger partial charge >= 0.3 is 11.9 Å². The number of carbonyl (C=O) groups is 2. The molecule has 1 aromatic rings. The minimum Gasteiger partial charge on any atom is -0.504 e. The Balaban J connectivity index is 2.01. The van der Waals surface area contributed by atoms with Gasteiger partial charge in [-0.05, 0) is 23.8 Å². The number of phenolic OH excluding ortho intramolecular Hbond substituents is 2. The van der Waals surface area contributed by atoms with Crippen LogP contribution in [0.5, 0.6) is 11.5 Å². The van der Waals surface area contributed by atoms with E-state index in [0.29, 0.717) is 5.56 Å². The molecule has 2 atom stereocenters. The fraction of sp³-hybridized carbons (Fsp3) is 0.412. The van der Waals surface area contributed by atoms with Gasteiger partial charge in [0.1, 0.15) is 0 Å². The monoisotopic (exact) mass is 368 g/mol. The lowest BCUT2D eigenvalue weighted by Crippen LogP contribution is -2.57. The lowest BCUT2D eigenvalue weighted by atomic mass is 9.79. The van der Waals surface area contributed by atoms with Crippen LogP contribution >= 0.6 is 0 Å². The molecular weight excluding hydrogens is 348 g/mol. The van der Waals surface area contributed by atoms with E-state index in [2.05, 4.69) is 4.74 Å². The van der Waals surface area contributed by atoms with E-state index >= 15 is 0 Å². The SMILES string of the molecule is COC(=O)C1(O)C[C@@H](O)C(OC(=O)/C=C/c2ccc(O)c(O)c2)[C@H](O)C1. The molecule has 5 N–H and O–H groups in total. The Labute approximate surface area is 148 Å². The first kappa shape index (κ1) is 19.7. The summed E-state index contributed by atoms with van der Waals surface area (Å²) >= 11 is 0. The minimum absolute atomic E-state index is 0.309. The molecule has 9 heteroatoms. The first-order chi connectivity index (χ1) is 12.2. The average Bonchev–Trinajstić information content (AvgIpc) is 2.58. The predicted octanol–water partition coefficient (Wildman–Crippen LogP) is -0.558. The summed E-state index contributed by atoms with van der Waals surface area (Å²) in [7, 11) is 1.07. The van der Waals surface area contributed by atoms with Crippen LogP contribution in [0.1, 0.15) is 18.4 Å². The first-order valence-corrected chi connectivity index (χ1v) is 7.74. The van der Waals surface area contributed by atoms with Gasteiger partial charge in [0.05, 0.1) is 19.3 Å². The summed E-state index contributed by atoms with van der Waals surface area (Å²) < 4.78 is 9.44. The number of hydrogen-bond acceptors (Lipinski definition) is 9. The molecule has 1 aliphatic rings. The van der Waals surface area contributed by atoms with Gasteiger partial charge in [-0.25, -0.2) is 9.59 Å². The van der Waals surface area contributed by atoms with Gasteiger partial charge in [-0.1, -0.05) is 6.07 Å². The van der Waals surface area contributed by atoms with Gasteiger partial charge in [-0.2, -0.15) is 0 Å². The molecule has 26 heavy (non-hydrogen) atoms. The number of hydrogen-bond donors (Lipinski definition) is 5. The average molecular weight is 368 g/mol. The molecular formula is C17H20O9. The van der Waals surface area contributed by atoms with Crippen LogP contribution in [-0.2, 0) is 19.1 Å². The van der Waals surface area contributed by atoms with E-state index in [9.17, 15) is 35.1 Å². The number of benzene rings is 1. The van der Waals surface area contributed by atoms with Crippen LogP contribution in [-0.4, -0.2) is 68.5 Å². The Bertz CT molecular complexity index is 700. The predicted molar refractivity (Wildman–Crippen MR) is 86.9 cm³/mol. The molecule has 0 saturated heterocycles. The topological polar surface area (TPSA) is 154 Å². The lowest BCUT2D eigenvalue weighted by Gasteiger charge is -2.39. The van der Waals surface area contributed by atoms with E-state index < -0.39 is 48.7 Å². The molecule has 2 rings (SSSR count). The number of ether oxygens (including phenoxy) is 2. The number of carbonyl (C=O) groups excluding carboxylic acids is 2. The van der Waals surface area contributed by atoms with Crippen LogP contribution in [0.4, 0.5) is 0 Å². The molecule has 0 aliphatic heterocycles. The summed E-state index contributed by atoms with van der Waals surface area (Å²) in [5, 5.41) is 48.8. The molecule has 0 bridgehead atoms. The number of esters is 2. The van der Waals surface area contributed by atoms with Crippen molar-refractivity contribution in [2.45, 2.75) is 36.8 Å². The maximum Gasteiger partial charge on any atom is 0.338 e. The third-order valence-electron chi connectivity index (χ3n) is 4.08. The Morgan fingerprint density at radius 2 is 1.77 bits per heavy atom. The fourth-order valence-corrected chi connectivity index (χ4v) is 2.76. The van der Waals surface area contributed by atoms with Gasteiger partial charge in [-0.3, -0.25) is 0 Å². The summed E-state index contributed by atoms with van der Waals surface area (Å²) in [5.74, 6) is -2.55. The Kier molecular flexibility index (Phi) is 5.86. The number of aliphatic hydroxyl groups excluding tert-OH is 2. The Morgan fingerprint density at radius 1 is 1.15 bits per heavy atom. The van der Waals surface area contributed by atoms with Crippen molar-refractivity contribution in [2.24, 2.45) is 0 Å². The maximum atomic E-state index is 11.9. The van der Waals surface area contributed by atoms with Crippen LogP contribution < -0.4 is 0 Å². The normalized spacial score (nSPS) is 28.7. The second kappa shape index (κ2) is 7.73. The molecule has 0 unspecified atom stereocenters. The molecule has 0 amide bonds. The molecule has 1 saturated carbocycles.